The number of hydrogen-bond donors (Lipinski definition) is 3. The lowest BCUT2D eigenvalue weighted by Gasteiger charge is -2.37. The van der Waals surface area contributed by atoms with Crippen LogP contribution >= 0.6 is 0 Å². The second kappa shape index (κ2) is 16.4. The highest BCUT2D eigenvalue weighted by Gasteiger charge is 2.40. The number of nitro groups is 1. The summed E-state index contributed by atoms with van der Waals surface area (Å²) in [5, 5.41) is 30.9. The number of amides is 1. The van der Waals surface area contributed by atoms with Crippen molar-refractivity contribution in [3.8, 4) is 11.5 Å². The van der Waals surface area contributed by atoms with Crippen molar-refractivity contribution in [2.24, 2.45) is 5.92 Å². The van der Waals surface area contributed by atoms with E-state index in [0.717, 1.165) is 47.3 Å². The number of nitrogens with zero attached hydrogens (tertiary/aromatic N) is 4. The van der Waals surface area contributed by atoms with Crippen LogP contribution in [0.5, 0.6) is 11.5 Å². The molecule has 304 valence electrons. The molecule has 2 heterocycles. The first-order valence-electron chi connectivity index (χ1n) is 19.5. The minimum Gasteiger partial charge on any atom is -0.456 e. The molecule has 3 N–H and O–H groups in total. The molecule has 0 spiro atoms. The molecule has 0 saturated heterocycles. The monoisotopic (exact) mass is 822 g/mol. The SMILES string of the molecule is CC1(O)CCC(CNc2ncc(S(=O)(=O)NC(=O)c3ccccc3Oc3cccc4c3cnn4C(c3ccccc3)(c3ccccc3)c3ccccc3)cc2[N+](=O)[O-])CC1. The number of benzene rings is 5. The second-order valence-electron chi connectivity index (χ2n) is 15.2. The number of aromatic nitrogens is 3. The van der Waals surface area contributed by atoms with Gasteiger partial charge in [-0.1, -0.05) is 109 Å². The number of para-hydroxylation sites is 1. The summed E-state index contributed by atoms with van der Waals surface area (Å²) in [5.74, 6) is -0.508. The first kappa shape index (κ1) is 39.9. The minimum absolute atomic E-state index is 0.0683. The highest BCUT2D eigenvalue weighted by molar-refractivity contribution is 7.90. The quantitative estimate of drug-likeness (QED) is 0.0581. The summed E-state index contributed by atoms with van der Waals surface area (Å²) in [5.41, 5.74) is 1.37. The number of rotatable bonds is 13. The molecule has 13 nitrogen and oxygen atoms in total. The van der Waals surface area contributed by atoms with E-state index in [-0.39, 0.29) is 23.0 Å². The highest BCUT2D eigenvalue weighted by Crippen LogP contribution is 2.44. The zero-order chi connectivity index (χ0) is 41.9. The summed E-state index contributed by atoms with van der Waals surface area (Å²) in [6, 6.07) is 42.9. The first-order valence-corrected chi connectivity index (χ1v) is 21.0. The molecule has 1 fully saturated rings. The summed E-state index contributed by atoms with van der Waals surface area (Å²) < 4.78 is 37.6. The average Bonchev–Trinajstić information content (AvgIpc) is 3.70. The summed E-state index contributed by atoms with van der Waals surface area (Å²) in [4.78, 5) is 28.6. The van der Waals surface area contributed by atoms with E-state index in [9.17, 15) is 28.4 Å². The average molecular weight is 823 g/mol. The van der Waals surface area contributed by atoms with Crippen LogP contribution < -0.4 is 14.8 Å². The van der Waals surface area contributed by atoms with Crippen LogP contribution in [0.4, 0.5) is 11.5 Å². The fourth-order valence-corrected chi connectivity index (χ4v) is 8.92. The third-order valence-electron chi connectivity index (χ3n) is 11.1. The van der Waals surface area contributed by atoms with Crippen molar-refractivity contribution >= 4 is 38.3 Å². The number of nitrogens with one attached hydrogen (secondary N) is 2. The van der Waals surface area contributed by atoms with Gasteiger partial charge in [-0.05, 0) is 79.5 Å². The maximum absolute atomic E-state index is 13.8. The van der Waals surface area contributed by atoms with Gasteiger partial charge in [-0.25, -0.2) is 22.8 Å². The van der Waals surface area contributed by atoms with Gasteiger partial charge in [0, 0.05) is 12.6 Å². The van der Waals surface area contributed by atoms with Crippen molar-refractivity contribution in [1.29, 1.82) is 0 Å². The van der Waals surface area contributed by atoms with E-state index < -0.39 is 42.6 Å². The minimum atomic E-state index is -4.64. The predicted molar refractivity (Wildman–Crippen MR) is 227 cm³/mol. The summed E-state index contributed by atoms with van der Waals surface area (Å²) in [6.07, 6.45) is 5.36. The fraction of sp³-hybridized carbons (Fsp3) is 0.196. The van der Waals surface area contributed by atoms with Gasteiger partial charge in [0.1, 0.15) is 21.9 Å². The molecule has 0 atom stereocenters. The molecule has 2 aromatic heterocycles. The molecule has 1 amide bonds. The van der Waals surface area contributed by atoms with E-state index >= 15 is 0 Å². The second-order valence-corrected chi connectivity index (χ2v) is 16.9. The van der Waals surface area contributed by atoms with E-state index in [2.05, 4.69) is 46.7 Å². The molecular formula is C46H42N6O7S. The van der Waals surface area contributed by atoms with E-state index in [1.54, 1.807) is 37.4 Å². The highest BCUT2D eigenvalue weighted by atomic mass is 32.2. The molecular weight excluding hydrogens is 781 g/mol. The Balaban J connectivity index is 1.09. The molecule has 0 unspecified atom stereocenters. The molecule has 7 aromatic rings. The summed E-state index contributed by atoms with van der Waals surface area (Å²) >= 11 is 0. The Kier molecular flexibility index (Phi) is 10.9. The van der Waals surface area contributed by atoms with Crippen LogP contribution in [0.1, 0.15) is 59.7 Å². The van der Waals surface area contributed by atoms with Gasteiger partial charge in [0.15, 0.2) is 0 Å². The number of sulfonamides is 1. The lowest BCUT2D eigenvalue weighted by molar-refractivity contribution is -0.384. The Morgan fingerprint density at radius 3 is 2.02 bits per heavy atom. The molecule has 1 aliphatic carbocycles. The van der Waals surface area contributed by atoms with E-state index in [1.807, 2.05) is 76.1 Å². The van der Waals surface area contributed by atoms with Crippen LogP contribution in [-0.4, -0.2) is 51.3 Å². The maximum Gasteiger partial charge on any atom is 0.312 e. The van der Waals surface area contributed by atoms with Gasteiger partial charge in [0.05, 0.1) is 39.4 Å². The molecule has 14 heteroatoms. The molecule has 60 heavy (non-hydrogen) atoms. The molecule has 5 aromatic carbocycles. The van der Waals surface area contributed by atoms with Crippen LogP contribution in [0, 0.1) is 16.0 Å². The number of hydrogen-bond acceptors (Lipinski definition) is 10. The summed E-state index contributed by atoms with van der Waals surface area (Å²) in [7, 11) is -4.64. The molecule has 1 saturated carbocycles. The Bertz CT molecular complexity index is 2670. The zero-order valence-electron chi connectivity index (χ0n) is 32.6. The Morgan fingerprint density at radius 2 is 1.42 bits per heavy atom. The van der Waals surface area contributed by atoms with Gasteiger partial charge in [0.2, 0.25) is 5.82 Å². The van der Waals surface area contributed by atoms with Gasteiger partial charge in [0.25, 0.3) is 15.9 Å². The first-order chi connectivity index (χ1) is 29.0. The normalized spacial score (nSPS) is 16.9. The standard InChI is InChI=1S/C46H42N6O7S/c1-45(54)26-24-32(25-27-45)29-47-43-40(52(55)56)28-36(30-48-43)60(57,58)50-44(53)37-20-11-12-22-41(37)59-42-23-13-21-39-38(42)31-49-51(39)46(33-14-5-2-6-15-33,34-16-7-3-8-17-34)35-18-9-4-10-19-35/h2-23,28,30-32,54H,24-27,29H2,1H3,(H,47,48)(H,50,53). The van der Waals surface area contributed by atoms with Crippen LogP contribution in [0.2, 0.25) is 0 Å². The van der Waals surface area contributed by atoms with Gasteiger partial charge in [-0.3, -0.25) is 14.9 Å². The maximum atomic E-state index is 13.8. The van der Waals surface area contributed by atoms with E-state index in [0.29, 0.717) is 30.5 Å². The molecule has 0 radical (unpaired) electrons. The van der Waals surface area contributed by atoms with Crippen molar-refractivity contribution in [3.63, 3.8) is 0 Å². The lowest BCUT2D eigenvalue weighted by Crippen LogP contribution is -2.38. The van der Waals surface area contributed by atoms with Crippen molar-refractivity contribution in [2.75, 3.05) is 11.9 Å². The van der Waals surface area contributed by atoms with E-state index in [4.69, 9.17) is 9.84 Å². The van der Waals surface area contributed by atoms with Crippen LogP contribution in [-0.2, 0) is 15.6 Å². The van der Waals surface area contributed by atoms with Crippen LogP contribution in [0.15, 0.2) is 157 Å². The number of ether oxygens (including phenoxy) is 1. The molecule has 8 rings (SSSR count). The Labute approximate surface area is 346 Å². The number of aliphatic hydroxyl groups is 1. The predicted octanol–water partition coefficient (Wildman–Crippen LogP) is 8.44. The van der Waals surface area contributed by atoms with Gasteiger partial charge < -0.3 is 15.2 Å². The topological polar surface area (TPSA) is 179 Å². The molecule has 1 aliphatic rings. The molecule has 0 aliphatic heterocycles. The van der Waals surface area contributed by atoms with Gasteiger partial charge >= 0.3 is 5.69 Å². The molecule has 0 bridgehead atoms. The fourth-order valence-electron chi connectivity index (χ4n) is 7.99. The summed E-state index contributed by atoms with van der Waals surface area (Å²) in [6.45, 7) is 2.16. The van der Waals surface area contributed by atoms with Crippen molar-refractivity contribution < 1.29 is 28.0 Å². The van der Waals surface area contributed by atoms with Crippen molar-refractivity contribution in [2.45, 2.75) is 48.6 Å². The third kappa shape index (κ3) is 7.82. The number of carbonyl (C=O) groups excluding carboxylic acids is 1. The number of pyridine rings is 1. The van der Waals surface area contributed by atoms with Crippen LogP contribution in [0.25, 0.3) is 10.9 Å². The zero-order valence-corrected chi connectivity index (χ0v) is 33.5. The number of anilines is 1. The Hall–Kier alpha value is -6.90. The number of fused-ring (bicyclic) bond motifs is 1. The van der Waals surface area contributed by atoms with Crippen molar-refractivity contribution in [3.05, 3.63) is 184 Å². The van der Waals surface area contributed by atoms with Gasteiger partial charge in [-0.2, -0.15) is 5.10 Å². The van der Waals surface area contributed by atoms with Crippen LogP contribution in [0.3, 0.4) is 0 Å². The number of carbonyl (C=O) groups is 1. The van der Waals surface area contributed by atoms with Crippen molar-refractivity contribution in [1.82, 2.24) is 19.5 Å². The van der Waals surface area contributed by atoms with Gasteiger partial charge in [-0.15, -0.1) is 0 Å². The third-order valence-corrected chi connectivity index (χ3v) is 12.4. The Morgan fingerprint density at radius 1 is 0.850 bits per heavy atom. The smallest absolute Gasteiger partial charge is 0.312 e. The largest absolute Gasteiger partial charge is 0.456 e. The van der Waals surface area contributed by atoms with E-state index in [1.165, 1.54) is 6.07 Å². The lowest BCUT2D eigenvalue weighted by atomic mass is 9.77.